The molecule has 0 saturated heterocycles. The fraction of sp³-hybridized carbons (Fsp3) is 0.586. The van der Waals surface area contributed by atoms with E-state index in [1.54, 1.807) is 16.5 Å². The van der Waals surface area contributed by atoms with Gasteiger partial charge in [-0.2, -0.15) is 0 Å². The topological polar surface area (TPSA) is 50.3 Å². The number of hydrazine groups is 1. The van der Waals surface area contributed by atoms with Crippen molar-refractivity contribution in [2.75, 3.05) is 10.6 Å². The van der Waals surface area contributed by atoms with Crippen LogP contribution in [0.25, 0.3) is 10.8 Å². The Bertz CT molecular complexity index is 1020. The monoisotopic (exact) mass is 494 g/mol. The molecule has 0 spiro atoms. The van der Waals surface area contributed by atoms with Gasteiger partial charge in [-0.1, -0.05) is 144 Å². The number of rotatable bonds is 17. The smallest absolute Gasteiger partial charge is 0.265 e. The van der Waals surface area contributed by atoms with E-state index < -0.39 is 0 Å². The van der Waals surface area contributed by atoms with Crippen LogP contribution in [-0.4, -0.2) is 10.2 Å². The fourth-order valence-electron chi connectivity index (χ4n) is 4.83. The molecule has 1 aliphatic heterocycles. The van der Waals surface area contributed by atoms with E-state index in [0.29, 0.717) is 0 Å². The number of aryl methyl sites for hydroxylation is 1. The lowest BCUT2D eigenvalue weighted by Gasteiger charge is -2.11. The largest absolute Gasteiger partial charge is 0.355 e. The predicted octanol–water partition coefficient (Wildman–Crippen LogP) is 9.25. The van der Waals surface area contributed by atoms with Crippen LogP contribution in [-0.2, 0) is 6.42 Å². The number of unbranched alkanes of at least 4 members (excludes halogenated alkanes) is 14. The molecule has 3 aromatic rings. The summed E-state index contributed by atoms with van der Waals surface area (Å²) in [6, 6.07) is 12.4. The van der Waals surface area contributed by atoms with E-state index in [1.807, 2.05) is 12.1 Å². The van der Waals surface area contributed by atoms with Crippen molar-refractivity contribution in [3.8, 4) is 5.75 Å². The standard InChI is InChI=1S/C29H42N4OS/c1-2-3-4-5-6-7-8-9-10-11-12-13-14-15-16-21-27-30-31-29(35-27)33-32-28-25-20-18-17-19-24(25)22-23-26(28)34-33/h17-20,22-23,32H,2-16,21H2,1H3. The van der Waals surface area contributed by atoms with Crippen LogP contribution < -0.4 is 15.4 Å². The lowest BCUT2D eigenvalue weighted by atomic mass is 10.0. The van der Waals surface area contributed by atoms with Gasteiger partial charge in [-0.3, -0.25) is 5.43 Å². The van der Waals surface area contributed by atoms with Gasteiger partial charge in [-0.05, 0) is 17.9 Å². The maximum absolute atomic E-state index is 5.98. The summed E-state index contributed by atoms with van der Waals surface area (Å²) in [5, 5.41) is 14.6. The van der Waals surface area contributed by atoms with Crippen molar-refractivity contribution in [2.45, 2.75) is 110 Å². The Morgan fingerprint density at radius 3 is 2.06 bits per heavy atom. The third-order valence-corrected chi connectivity index (χ3v) is 7.87. The Hall–Kier alpha value is -2.34. The van der Waals surface area contributed by atoms with Gasteiger partial charge in [0.25, 0.3) is 5.13 Å². The first-order chi connectivity index (χ1) is 17.3. The second kappa shape index (κ2) is 14.3. The normalized spacial score (nSPS) is 12.7. The SMILES string of the molecule is CCCCCCCCCCCCCCCCCc1nnc(N2Nc3c(ccc4ccccc34)O2)s1. The number of nitrogens with zero attached hydrogens (tertiary/aromatic N) is 3. The molecule has 4 rings (SSSR count). The van der Waals surface area contributed by atoms with Crippen LogP contribution in [0.5, 0.6) is 5.75 Å². The van der Waals surface area contributed by atoms with E-state index in [9.17, 15) is 0 Å². The van der Waals surface area contributed by atoms with Crippen LogP contribution in [0.1, 0.15) is 108 Å². The predicted molar refractivity (Wildman–Crippen MR) is 149 cm³/mol. The second-order valence-electron chi connectivity index (χ2n) is 9.84. The van der Waals surface area contributed by atoms with Gasteiger partial charge in [-0.15, -0.1) is 10.2 Å². The van der Waals surface area contributed by atoms with Crippen LogP contribution in [0, 0.1) is 0 Å². The van der Waals surface area contributed by atoms with Crippen LogP contribution >= 0.6 is 11.3 Å². The number of aromatic nitrogens is 2. The average Bonchev–Trinajstić information content (AvgIpc) is 3.54. The first kappa shape index (κ1) is 25.7. The van der Waals surface area contributed by atoms with E-state index in [2.05, 4.69) is 46.8 Å². The van der Waals surface area contributed by atoms with Crippen molar-refractivity contribution in [2.24, 2.45) is 0 Å². The summed E-state index contributed by atoms with van der Waals surface area (Å²) in [5.74, 6) is 0.822. The molecule has 1 aliphatic rings. The molecule has 1 N–H and O–H groups in total. The molecule has 0 saturated carbocycles. The highest BCUT2D eigenvalue weighted by molar-refractivity contribution is 7.15. The summed E-state index contributed by atoms with van der Waals surface area (Å²) in [5.41, 5.74) is 4.34. The van der Waals surface area contributed by atoms with Crippen LogP contribution in [0.3, 0.4) is 0 Å². The van der Waals surface area contributed by atoms with Crippen molar-refractivity contribution < 1.29 is 4.84 Å². The number of nitrogens with one attached hydrogen (secondary N) is 1. The Balaban J connectivity index is 1.04. The molecule has 190 valence electrons. The second-order valence-corrected chi connectivity index (χ2v) is 10.9. The minimum absolute atomic E-state index is 0.751. The van der Waals surface area contributed by atoms with Crippen molar-refractivity contribution in [3.63, 3.8) is 0 Å². The molecule has 0 fully saturated rings. The van der Waals surface area contributed by atoms with E-state index in [4.69, 9.17) is 4.84 Å². The van der Waals surface area contributed by atoms with Gasteiger partial charge in [0.15, 0.2) is 5.75 Å². The fourth-order valence-corrected chi connectivity index (χ4v) is 5.61. The highest BCUT2D eigenvalue weighted by atomic mass is 32.1. The molecule has 1 aromatic heterocycles. The Morgan fingerprint density at radius 1 is 0.743 bits per heavy atom. The average molecular weight is 495 g/mol. The highest BCUT2D eigenvalue weighted by Gasteiger charge is 2.25. The number of anilines is 2. The van der Waals surface area contributed by atoms with Crippen molar-refractivity contribution in [1.82, 2.24) is 10.2 Å². The summed E-state index contributed by atoms with van der Waals surface area (Å²) in [4.78, 5) is 5.98. The van der Waals surface area contributed by atoms with E-state index in [-0.39, 0.29) is 0 Å². The van der Waals surface area contributed by atoms with Gasteiger partial charge in [0.2, 0.25) is 0 Å². The molecule has 0 amide bonds. The first-order valence-electron chi connectivity index (χ1n) is 13.9. The number of fused-ring (bicyclic) bond motifs is 3. The minimum Gasteiger partial charge on any atom is -0.355 e. The maximum Gasteiger partial charge on any atom is 0.265 e. The summed E-state index contributed by atoms with van der Waals surface area (Å²) in [7, 11) is 0. The summed E-state index contributed by atoms with van der Waals surface area (Å²) < 4.78 is 0. The van der Waals surface area contributed by atoms with Crippen molar-refractivity contribution in [3.05, 3.63) is 41.4 Å². The maximum atomic E-state index is 5.98. The summed E-state index contributed by atoms with van der Waals surface area (Å²) in [6.07, 6.45) is 21.8. The van der Waals surface area contributed by atoms with E-state index in [0.717, 1.165) is 33.4 Å². The van der Waals surface area contributed by atoms with Gasteiger partial charge < -0.3 is 4.84 Å². The molecule has 6 heteroatoms. The Kier molecular flexibility index (Phi) is 10.5. The van der Waals surface area contributed by atoms with Gasteiger partial charge >= 0.3 is 0 Å². The lowest BCUT2D eigenvalue weighted by molar-refractivity contribution is 0.325. The van der Waals surface area contributed by atoms with Gasteiger partial charge in [0, 0.05) is 11.8 Å². The van der Waals surface area contributed by atoms with Gasteiger partial charge in [-0.25, -0.2) is 0 Å². The molecule has 2 aromatic carbocycles. The van der Waals surface area contributed by atoms with Crippen LogP contribution in [0.2, 0.25) is 0 Å². The first-order valence-corrected chi connectivity index (χ1v) is 14.8. The summed E-state index contributed by atoms with van der Waals surface area (Å²) >= 11 is 1.61. The molecular weight excluding hydrogens is 452 g/mol. The Morgan fingerprint density at radius 2 is 1.37 bits per heavy atom. The molecule has 5 nitrogen and oxygen atoms in total. The van der Waals surface area contributed by atoms with Crippen LogP contribution in [0.15, 0.2) is 36.4 Å². The summed E-state index contributed by atoms with van der Waals surface area (Å²) in [6.45, 7) is 2.29. The third-order valence-electron chi connectivity index (χ3n) is 6.92. The zero-order valence-electron chi connectivity index (χ0n) is 21.4. The molecule has 0 radical (unpaired) electrons. The molecular formula is C29H42N4OS. The molecule has 0 aliphatic carbocycles. The lowest BCUT2D eigenvalue weighted by Crippen LogP contribution is -2.27. The number of hydrogen-bond acceptors (Lipinski definition) is 6. The van der Waals surface area contributed by atoms with Crippen molar-refractivity contribution >= 4 is 32.9 Å². The van der Waals surface area contributed by atoms with Gasteiger partial charge in [0.1, 0.15) is 10.7 Å². The van der Waals surface area contributed by atoms with E-state index in [1.165, 1.54) is 102 Å². The zero-order chi connectivity index (χ0) is 24.1. The number of benzene rings is 2. The van der Waals surface area contributed by atoms with Crippen molar-refractivity contribution in [1.29, 1.82) is 0 Å². The molecule has 0 unspecified atom stereocenters. The highest BCUT2D eigenvalue weighted by Crippen LogP contribution is 2.40. The van der Waals surface area contributed by atoms with Gasteiger partial charge in [0.05, 0.1) is 0 Å². The molecule has 0 bridgehead atoms. The molecule has 35 heavy (non-hydrogen) atoms. The zero-order valence-corrected chi connectivity index (χ0v) is 22.3. The number of hydrogen-bond donors (Lipinski definition) is 1. The molecule has 0 atom stereocenters. The van der Waals surface area contributed by atoms with Crippen LogP contribution in [0.4, 0.5) is 10.8 Å². The van der Waals surface area contributed by atoms with E-state index >= 15 is 0 Å². The molecule has 2 heterocycles. The third kappa shape index (κ3) is 7.83. The Labute approximate surface area is 215 Å². The minimum atomic E-state index is 0.751. The quantitative estimate of drug-likeness (QED) is 0.189.